The van der Waals surface area contributed by atoms with E-state index in [-0.39, 0.29) is 30.1 Å². The van der Waals surface area contributed by atoms with E-state index in [2.05, 4.69) is 12.1 Å². The van der Waals surface area contributed by atoms with Gasteiger partial charge in [0.15, 0.2) is 0 Å². The van der Waals surface area contributed by atoms with E-state index in [9.17, 15) is 13.6 Å². The fourth-order valence-corrected chi connectivity index (χ4v) is 4.69. The fraction of sp³-hybridized carbons (Fsp3) is 0.138. The SMILES string of the molecule is O=C(c1ccccc1-c1ccccc1F)N(Cc1cccc(F)c1)C1Cc2ccccc2C1. The molecule has 1 amide bonds. The summed E-state index contributed by atoms with van der Waals surface area (Å²) in [6.07, 6.45) is 1.47. The first-order chi connectivity index (χ1) is 16.1. The van der Waals surface area contributed by atoms with Gasteiger partial charge >= 0.3 is 0 Å². The molecule has 5 rings (SSSR count). The normalized spacial score (nSPS) is 13.0. The molecule has 1 aliphatic carbocycles. The van der Waals surface area contributed by atoms with Crippen LogP contribution in [0.1, 0.15) is 27.0 Å². The van der Waals surface area contributed by atoms with E-state index in [1.165, 1.54) is 29.3 Å². The largest absolute Gasteiger partial charge is 0.331 e. The number of amides is 1. The molecule has 0 aromatic heterocycles. The minimum absolute atomic E-state index is 0.0631. The number of halogens is 2. The van der Waals surface area contributed by atoms with Crippen LogP contribution in [0.5, 0.6) is 0 Å². The highest BCUT2D eigenvalue weighted by atomic mass is 19.1. The topological polar surface area (TPSA) is 20.3 Å². The zero-order valence-corrected chi connectivity index (χ0v) is 18.0. The molecule has 164 valence electrons. The van der Waals surface area contributed by atoms with Gasteiger partial charge in [-0.1, -0.05) is 72.8 Å². The van der Waals surface area contributed by atoms with Gasteiger partial charge in [-0.2, -0.15) is 0 Å². The number of nitrogens with zero attached hydrogens (tertiary/aromatic N) is 1. The second-order valence-electron chi connectivity index (χ2n) is 8.42. The predicted molar refractivity (Wildman–Crippen MR) is 126 cm³/mol. The maximum atomic E-state index is 14.6. The minimum Gasteiger partial charge on any atom is -0.331 e. The van der Waals surface area contributed by atoms with Crippen molar-refractivity contribution in [3.8, 4) is 11.1 Å². The number of hydrogen-bond acceptors (Lipinski definition) is 1. The first-order valence-electron chi connectivity index (χ1n) is 11.1. The Morgan fingerprint density at radius 2 is 1.39 bits per heavy atom. The molecule has 0 saturated carbocycles. The second kappa shape index (κ2) is 8.99. The number of carbonyl (C=O) groups excluding carboxylic acids is 1. The summed E-state index contributed by atoms with van der Waals surface area (Å²) in [5, 5.41) is 0. The summed E-state index contributed by atoms with van der Waals surface area (Å²) in [6.45, 7) is 0.279. The van der Waals surface area contributed by atoms with Gasteiger partial charge in [0, 0.05) is 23.7 Å². The Morgan fingerprint density at radius 1 is 0.758 bits per heavy atom. The highest BCUT2D eigenvalue weighted by Gasteiger charge is 2.31. The Balaban J connectivity index is 1.55. The van der Waals surface area contributed by atoms with Gasteiger partial charge in [0.25, 0.3) is 5.91 Å². The van der Waals surface area contributed by atoms with E-state index < -0.39 is 0 Å². The van der Waals surface area contributed by atoms with Crippen molar-refractivity contribution in [2.75, 3.05) is 0 Å². The van der Waals surface area contributed by atoms with Crippen molar-refractivity contribution in [2.24, 2.45) is 0 Å². The quantitative estimate of drug-likeness (QED) is 0.350. The van der Waals surface area contributed by atoms with Crippen molar-refractivity contribution in [3.63, 3.8) is 0 Å². The summed E-state index contributed by atoms with van der Waals surface area (Å²) >= 11 is 0. The Labute approximate surface area is 192 Å². The van der Waals surface area contributed by atoms with Crippen molar-refractivity contribution in [1.82, 2.24) is 4.90 Å². The van der Waals surface area contributed by atoms with Crippen molar-refractivity contribution < 1.29 is 13.6 Å². The van der Waals surface area contributed by atoms with Gasteiger partial charge in [-0.25, -0.2) is 8.78 Å². The third kappa shape index (κ3) is 4.29. The summed E-state index contributed by atoms with van der Waals surface area (Å²) in [7, 11) is 0. The minimum atomic E-state index is -0.372. The molecule has 0 aliphatic heterocycles. The lowest BCUT2D eigenvalue weighted by Crippen LogP contribution is -2.40. The van der Waals surface area contributed by atoms with Crippen LogP contribution in [0.3, 0.4) is 0 Å². The van der Waals surface area contributed by atoms with Crippen LogP contribution < -0.4 is 0 Å². The molecule has 0 radical (unpaired) electrons. The van der Waals surface area contributed by atoms with Crippen molar-refractivity contribution in [1.29, 1.82) is 0 Å². The molecule has 1 aliphatic rings. The summed E-state index contributed by atoms with van der Waals surface area (Å²) in [4.78, 5) is 15.8. The van der Waals surface area contributed by atoms with Crippen LogP contribution in [0.4, 0.5) is 8.78 Å². The van der Waals surface area contributed by atoms with Crippen molar-refractivity contribution >= 4 is 5.91 Å². The van der Waals surface area contributed by atoms with Crippen molar-refractivity contribution in [2.45, 2.75) is 25.4 Å². The second-order valence-corrected chi connectivity index (χ2v) is 8.42. The summed E-state index contributed by atoms with van der Waals surface area (Å²) in [5.74, 6) is -0.889. The number of rotatable bonds is 5. The third-order valence-electron chi connectivity index (χ3n) is 6.29. The number of fused-ring (bicyclic) bond motifs is 1. The summed E-state index contributed by atoms with van der Waals surface area (Å²) in [6, 6.07) is 28.1. The van der Waals surface area contributed by atoms with Crippen LogP contribution in [-0.4, -0.2) is 16.8 Å². The average molecular weight is 440 g/mol. The number of hydrogen-bond donors (Lipinski definition) is 0. The summed E-state index contributed by atoms with van der Waals surface area (Å²) < 4.78 is 28.5. The van der Waals surface area contributed by atoms with Gasteiger partial charge in [-0.15, -0.1) is 0 Å². The molecule has 0 atom stereocenters. The van der Waals surface area contributed by atoms with Crippen LogP contribution in [-0.2, 0) is 19.4 Å². The molecular weight excluding hydrogens is 416 g/mol. The molecule has 0 spiro atoms. The zero-order valence-electron chi connectivity index (χ0n) is 18.0. The Hall–Kier alpha value is -3.79. The molecular formula is C29H23F2NO. The monoisotopic (exact) mass is 439 g/mol. The molecule has 33 heavy (non-hydrogen) atoms. The Bertz CT molecular complexity index is 1290. The molecule has 4 heteroatoms. The van der Waals surface area contributed by atoms with Gasteiger partial charge in [-0.3, -0.25) is 4.79 Å². The van der Waals surface area contributed by atoms with Gasteiger partial charge < -0.3 is 4.90 Å². The predicted octanol–water partition coefficient (Wildman–Crippen LogP) is 6.44. The van der Waals surface area contributed by atoms with Crippen LogP contribution in [0, 0.1) is 11.6 Å². The van der Waals surface area contributed by atoms with Crippen LogP contribution in [0.2, 0.25) is 0 Å². The van der Waals surface area contributed by atoms with Crippen LogP contribution >= 0.6 is 0 Å². The van der Waals surface area contributed by atoms with E-state index in [1.807, 2.05) is 23.1 Å². The van der Waals surface area contributed by atoms with Gasteiger partial charge in [0.2, 0.25) is 0 Å². The lowest BCUT2D eigenvalue weighted by Gasteiger charge is -2.30. The van der Waals surface area contributed by atoms with Crippen molar-refractivity contribution in [3.05, 3.63) is 131 Å². The van der Waals surface area contributed by atoms with Gasteiger partial charge in [-0.05, 0) is 59.4 Å². The van der Waals surface area contributed by atoms with Gasteiger partial charge in [0.1, 0.15) is 11.6 Å². The Morgan fingerprint density at radius 3 is 2.09 bits per heavy atom. The summed E-state index contributed by atoms with van der Waals surface area (Å²) in [5.41, 5.74) is 4.56. The molecule has 0 saturated heterocycles. The zero-order chi connectivity index (χ0) is 22.8. The molecule has 4 aromatic carbocycles. The first kappa shape index (κ1) is 21.1. The Kier molecular flexibility index (Phi) is 5.74. The van der Waals surface area contributed by atoms with Gasteiger partial charge in [0.05, 0.1) is 0 Å². The number of benzene rings is 4. The molecule has 2 nitrogen and oxygen atoms in total. The molecule has 0 bridgehead atoms. The molecule has 0 heterocycles. The highest BCUT2D eigenvalue weighted by molar-refractivity contribution is 6.01. The lowest BCUT2D eigenvalue weighted by atomic mass is 9.97. The maximum Gasteiger partial charge on any atom is 0.255 e. The number of carbonyl (C=O) groups is 1. The smallest absolute Gasteiger partial charge is 0.255 e. The third-order valence-corrected chi connectivity index (χ3v) is 6.29. The van der Waals surface area contributed by atoms with E-state index in [4.69, 9.17) is 0 Å². The van der Waals surface area contributed by atoms with Crippen LogP contribution in [0.15, 0.2) is 97.1 Å². The van der Waals surface area contributed by atoms with E-state index in [1.54, 1.807) is 48.5 Å². The van der Waals surface area contributed by atoms with E-state index >= 15 is 0 Å². The first-order valence-corrected chi connectivity index (χ1v) is 11.1. The fourth-order valence-electron chi connectivity index (χ4n) is 4.69. The van der Waals surface area contributed by atoms with E-state index in [0.717, 1.165) is 18.4 Å². The maximum absolute atomic E-state index is 14.6. The average Bonchev–Trinajstić information content (AvgIpc) is 3.26. The van der Waals surface area contributed by atoms with E-state index in [0.29, 0.717) is 16.7 Å². The molecule has 0 fully saturated rings. The molecule has 4 aromatic rings. The highest BCUT2D eigenvalue weighted by Crippen LogP contribution is 2.31. The van der Waals surface area contributed by atoms with Crippen LogP contribution in [0.25, 0.3) is 11.1 Å². The lowest BCUT2D eigenvalue weighted by molar-refractivity contribution is 0.0668. The molecule has 0 N–H and O–H groups in total. The molecule has 0 unspecified atom stereocenters. The standard InChI is InChI=1S/C29H23F2NO/c30-23-11-7-8-20(16-23)19-32(24-17-21-9-1-2-10-22(21)18-24)29(33)27-14-4-3-12-25(27)26-13-5-6-15-28(26)31/h1-16,24H,17-19H2.